The van der Waals surface area contributed by atoms with Gasteiger partial charge in [0.15, 0.2) is 5.69 Å². The maximum absolute atomic E-state index is 12.9. The number of carbonyl (C=O) groups excluding carboxylic acids is 1. The molecule has 0 saturated carbocycles. The van der Waals surface area contributed by atoms with E-state index in [4.69, 9.17) is 4.74 Å². The number of aryl methyl sites for hydroxylation is 2. The minimum Gasteiger partial charge on any atom is -0.385 e. The summed E-state index contributed by atoms with van der Waals surface area (Å²) in [6, 6.07) is 10.7. The lowest BCUT2D eigenvalue weighted by molar-refractivity contribution is 0.0547. The second-order valence-electron chi connectivity index (χ2n) is 6.89. The topological polar surface area (TPSA) is 60.2 Å². The molecule has 0 aliphatic carbocycles. The van der Waals surface area contributed by atoms with Crippen LogP contribution < -0.4 is 0 Å². The maximum Gasteiger partial charge on any atom is 0.276 e. The van der Waals surface area contributed by atoms with Crippen LogP contribution in [0.4, 0.5) is 0 Å². The van der Waals surface area contributed by atoms with E-state index < -0.39 is 0 Å². The molecule has 0 N–H and O–H groups in total. The van der Waals surface area contributed by atoms with Crippen molar-refractivity contribution in [2.75, 3.05) is 20.3 Å². The molecule has 0 radical (unpaired) electrons. The van der Waals surface area contributed by atoms with Gasteiger partial charge in [0.25, 0.3) is 5.91 Å². The van der Waals surface area contributed by atoms with Gasteiger partial charge in [0.2, 0.25) is 0 Å². The summed E-state index contributed by atoms with van der Waals surface area (Å²) in [7, 11) is 1.70. The summed E-state index contributed by atoms with van der Waals surface area (Å²) in [5.41, 5.74) is 1.77. The molecule has 1 atom stereocenters. The predicted molar refractivity (Wildman–Crippen MR) is 100.0 cm³/mol. The number of rotatable bonds is 8. The summed E-state index contributed by atoms with van der Waals surface area (Å²) < 4.78 is 6.98. The number of aromatic nitrogens is 3. The monoisotopic (exact) mass is 356 g/mol. The van der Waals surface area contributed by atoms with Crippen LogP contribution in [0.3, 0.4) is 0 Å². The summed E-state index contributed by atoms with van der Waals surface area (Å²) in [6.45, 7) is 2.25. The minimum absolute atomic E-state index is 0.000104. The van der Waals surface area contributed by atoms with E-state index >= 15 is 0 Å². The lowest BCUT2D eigenvalue weighted by Crippen LogP contribution is -2.44. The Morgan fingerprint density at radius 1 is 1.27 bits per heavy atom. The van der Waals surface area contributed by atoms with Crippen LogP contribution in [0.15, 0.2) is 36.5 Å². The highest BCUT2D eigenvalue weighted by molar-refractivity contribution is 5.92. The first-order valence-corrected chi connectivity index (χ1v) is 9.52. The zero-order valence-electron chi connectivity index (χ0n) is 15.5. The van der Waals surface area contributed by atoms with Crippen LogP contribution in [0.25, 0.3) is 0 Å². The van der Waals surface area contributed by atoms with Gasteiger partial charge in [-0.1, -0.05) is 35.5 Å². The van der Waals surface area contributed by atoms with Gasteiger partial charge in [-0.15, -0.1) is 5.10 Å². The van der Waals surface area contributed by atoms with E-state index in [0.29, 0.717) is 12.3 Å². The van der Waals surface area contributed by atoms with Gasteiger partial charge in [-0.3, -0.25) is 9.48 Å². The third-order valence-electron chi connectivity index (χ3n) is 5.00. The lowest BCUT2D eigenvalue weighted by atomic mass is 9.99. The molecule has 1 aromatic carbocycles. The fraction of sp³-hybridized carbons (Fsp3) is 0.550. The number of hydrogen-bond donors (Lipinski definition) is 0. The zero-order valence-corrected chi connectivity index (χ0v) is 15.5. The molecule has 6 heteroatoms. The standard InChI is InChI=1S/C20H28N4O2/c1-26-15-12-18-11-5-6-14-24(18)20(25)19-16-23(22-21-19)13-7-10-17-8-3-2-4-9-17/h2-4,8-9,16,18H,5-7,10-15H2,1H3. The van der Waals surface area contributed by atoms with Crippen molar-refractivity contribution in [3.8, 4) is 0 Å². The Morgan fingerprint density at radius 3 is 2.92 bits per heavy atom. The van der Waals surface area contributed by atoms with E-state index in [1.807, 2.05) is 11.0 Å². The molecule has 6 nitrogen and oxygen atoms in total. The minimum atomic E-state index is 0.000104. The number of amides is 1. The van der Waals surface area contributed by atoms with Crippen molar-refractivity contribution < 1.29 is 9.53 Å². The molecule has 3 rings (SSSR count). The van der Waals surface area contributed by atoms with E-state index in [9.17, 15) is 4.79 Å². The van der Waals surface area contributed by atoms with E-state index in [-0.39, 0.29) is 11.9 Å². The third kappa shape index (κ3) is 4.91. The molecule has 1 saturated heterocycles. The van der Waals surface area contributed by atoms with Gasteiger partial charge >= 0.3 is 0 Å². The highest BCUT2D eigenvalue weighted by atomic mass is 16.5. The normalized spacial score (nSPS) is 17.4. The molecule has 1 aliphatic rings. The van der Waals surface area contributed by atoms with Crippen molar-refractivity contribution in [3.63, 3.8) is 0 Å². The molecule has 2 aromatic rings. The van der Waals surface area contributed by atoms with Crippen LogP contribution in [-0.2, 0) is 17.7 Å². The first-order valence-electron chi connectivity index (χ1n) is 9.52. The number of hydrogen-bond acceptors (Lipinski definition) is 4. The van der Waals surface area contributed by atoms with E-state index in [2.05, 4.69) is 34.6 Å². The molecule has 26 heavy (non-hydrogen) atoms. The largest absolute Gasteiger partial charge is 0.385 e. The molecule has 1 unspecified atom stereocenters. The van der Waals surface area contributed by atoms with Crippen LogP contribution in [0.1, 0.15) is 48.2 Å². The van der Waals surface area contributed by atoms with Crippen molar-refractivity contribution in [3.05, 3.63) is 47.8 Å². The van der Waals surface area contributed by atoms with Crippen molar-refractivity contribution in [2.24, 2.45) is 0 Å². The van der Waals surface area contributed by atoms with Crippen molar-refractivity contribution in [2.45, 2.75) is 51.1 Å². The zero-order chi connectivity index (χ0) is 18.2. The number of benzene rings is 1. The van der Waals surface area contributed by atoms with Crippen LogP contribution in [-0.4, -0.2) is 52.1 Å². The summed E-state index contributed by atoms with van der Waals surface area (Å²) >= 11 is 0. The first-order chi connectivity index (χ1) is 12.8. The van der Waals surface area contributed by atoms with Gasteiger partial charge in [-0.2, -0.15) is 0 Å². The Labute approximate surface area is 155 Å². The Hall–Kier alpha value is -2.21. The number of ether oxygens (including phenoxy) is 1. The third-order valence-corrected chi connectivity index (χ3v) is 5.00. The van der Waals surface area contributed by atoms with Gasteiger partial charge < -0.3 is 9.64 Å². The molecule has 0 bridgehead atoms. The first kappa shape index (κ1) is 18.6. The van der Waals surface area contributed by atoms with Crippen LogP contribution >= 0.6 is 0 Å². The van der Waals surface area contributed by atoms with Crippen LogP contribution in [0, 0.1) is 0 Å². The van der Waals surface area contributed by atoms with Crippen LogP contribution in [0.2, 0.25) is 0 Å². The molecular weight excluding hydrogens is 328 g/mol. The highest BCUT2D eigenvalue weighted by Crippen LogP contribution is 2.21. The molecule has 1 amide bonds. The summed E-state index contributed by atoms with van der Waals surface area (Å²) in [6.07, 6.45) is 7.91. The van der Waals surface area contributed by atoms with Crippen molar-refractivity contribution in [1.29, 1.82) is 0 Å². The highest BCUT2D eigenvalue weighted by Gasteiger charge is 2.28. The Morgan fingerprint density at radius 2 is 2.12 bits per heavy atom. The molecular formula is C20H28N4O2. The Kier molecular flexibility index (Phi) is 6.77. The SMILES string of the molecule is COCCC1CCCCN1C(=O)c1cn(CCCc2ccccc2)nn1. The van der Waals surface area contributed by atoms with Gasteiger partial charge in [-0.05, 0) is 44.1 Å². The average molecular weight is 356 g/mol. The molecule has 0 spiro atoms. The van der Waals surface area contributed by atoms with E-state index in [1.165, 1.54) is 12.0 Å². The fourth-order valence-electron chi connectivity index (χ4n) is 3.56. The molecule has 1 aliphatic heterocycles. The van der Waals surface area contributed by atoms with Gasteiger partial charge in [0.1, 0.15) is 0 Å². The lowest BCUT2D eigenvalue weighted by Gasteiger charge is -2.35. The summed E-state index contributed by atoms with van der Waals surface area (Å²) in [5, 5.41) is 8.27. The van der Waals surface area contributed by atoms with Gasteiger partial charge in [-0.25, -0.2) is 0 Å². The smallest absolute Gasteiger partial charge is 0.276 e. The molecule has 140 valence electrons. The second-order valence-corrected chi connectivity index (χ2v) is 6.89. The molecule has 1 fully saturated rings. The van der Waals surface area contributed by atoms with Crippen molar-refractivity contribution >= 4 is 5.91 Å². The van der Waals surface area contributed by atoms with E-state index in [0.717, 1.165) is 45.2 Å². The maximum atomic E-state index is 12.9. The number of carbonyl (C=O) groups is 1. The number of nitrogens with zero attached hydrogens (tertiary/aromatic N) is 4. The molecule has 2 heterocycles. The fourth-order valence-corrected chi connectivity index (χ4v) is 3.56. The van der Waals surface area contributed by atoms with Crippen molar-refractivity contribution in [1.82, 2.24) is 19.9 Å². The summed E-state index contributed by atoms with van der Waals surface area (Å²) in [4.78, 5) is 14.8. The predicted octanol–water partition coefficient (Wildman–Crippen LogP) is 2.94. The Bertz CT molecular complexity index is 686. The number of piperidine rings is 1. The average Bonchev–Trinajstić information content (AvgIpc) is 3.16. The summed E-state index contributed by atoms with van der Waals surface area (Å²) in [5.74, 6) is 0.000104. The van der Waals surface area contributed by atoms with E-state index in [1.54, 1.807) is 18.0 Å². The van der Waals surface area contributed by atoms with Gasteiger partial charge in [0, 0.05) is 32.8 Å². The second kappa shape index (κ2) is 9.48. The number of methoxy groups -OCH3 is 1. The molecule has 1 aromatic heterocycles. The van der Waals surface area contributed by atoms with Gasteiger partial charge in [0.05, 0.1) is 6.20 Å². The van der Waals surface area contributed by atoms with Crippen LogP contribution in [0.5, 0.6) is 0 Å². The Balaban J connectivity index is 1.54. The quantitative estimate of drug-likeness (QED) is 0.730. The number of likely N-dealkylation sites (tertiary alicyclic amines) is 1.